The number of nitrogens with one attached hydrogen (secondary N) is 1. The number of imidazole rings is 1. The molecule has 0 radical (unpaired) electrons. The van der Waals surface area contributed by atoms with E-state index in [1.165, 1.54) is 0 Å². The third-order valence-corrected chi connectivity index (χ3v) is 4.02. The van der Waals surface area contributed by atoms with Crippen molar-refractivity contribution in [1.29, 1.82) is 0 Å². The molecule has 0 saturated carbocycles. The maximum atomic E-state index is 12.7. The summed E-state index contributed by atoms with van der Waals surface area (Å²) >= 11 is 0. The largest absolute Gasteiger partial charge is 0.350 e. The van der Waals surface area contributed by atoms with Crippen molar-refractivity contribution in [3.05, 3.63) is 35.9 Å². The third kappa shape index (κ3) is 3.06. The molecule has 23 heavy (non-hydrogen) atoms. The normalized spacial score (nSPS) is 14.7. The van der Waals surface area contributed by atoms with Crippen LogP contribution in [0.2, 0.25) is 0 Å². The first kappa shape index (κ1) is 15.5. The fourth-order valence-corrected chi connectivity index (χ4v) is 2.80. The van der Waals surface area contributed by atoms with Crippen LogP contribution in [-0.2, 0) is 0 Å². The number of aromatic nitrogens is 2. The molecule has 6 heteroatoms. The van der Waals surface area contributed by atoms with Crippen LogP contribution in [-0.4, -0.2) is 45.7 Å². The molecule has 0 spiro atoms. The highest BCUT2D eigenvalue weighted by Crippen LogP contribution is 2.17. The number of rotatable bonds is 4. The van der Waals surface area contributed by atoms with Crippen LogP contribution in [0.4, 0.5) is 0 Å². The second kappa shape index (κ2) is 6.40. The molecule has 0 aliphatic carbocycles. The molecule has 6 nitrogen and oxygen atoms in total. The number of hydrogen-bond acceptors (Lipinski definition) is 3. The Morgan fingerprint density at radius 1 is 1.26 bits per heavy atom. The quantitative estimate of drug-likeness (QED) is 0.938. The molecule has 2 amide bonds. The lowest BCUT2D eigenvalue weighted by Gasteiger charge is -2.13. The molecule has 1 aliphatic heterocycles. The van der Waals surface area contributed by atoms with Crippen LogP contribution in [0, 0.1) is 5.92 Å². The van der Waals surface area contributed by atoms with E-state index < -0.39 is 0 Å². The zero-order valence-corrected chi connectivity index (χ0v) is 13.6. The summed E-state index contributed by atoms with van der Waals surface area (Å²) in [7, 11) is 0. The second-order valence-electron chi connectivity index (χ2n) is 6.34. The fourth-order valence-electron chi connectivity index (χ4n) is 2.80. The molecule has 122 valence electrons. The minimum atomic E-state index is -0.233. The van der Waals surface area contributed by atoms with Gasteiger partial charge in [0.2, 0.25) is 5.82 Å². The van der Waals surface area contributed by atoms with E-state index in [0.717, 1.165) is 25.9 Å². The van der Waals surface area contributed by atoms with Crippen molar-refractivity contribution in [3.63, 3.8) is 0 Å². The molecule has 2 aromatic rings. The van der Waals surface area contributed by atoms with Gasteiger partial charge >= 0.3 is 0 Å². The molecular formula is C17H22N4O2. The van der Waals surface area contributed by atoms with Gasteiger partial charge in [-0.05, 0) is 30.9 Å². The van der Waals surface area contributed by atoms with E-state index in [1.54, 1.807) is 15.5 Å². The number of pyridine rings is 1. The Hall–Kier alpha value is -2.37. The van der Waals surface area contributed by atoms with Crippen LogP contribution in [0.25, 0.3) is 5.52 Å². The van der Waals surface area contributed by atoms with Crippen LogP contribution in [0.3, 0.4) is 0 Å². The highest BCUT2D eigenvalue weighted by atomic mass is 16.2. The number of fused-ring (bicyclic) bond motifs is 1. The Kier molecular flexibility index (Phi) is 4.32. The Labute approximate surface area is 135 Å². The van der Waals surface area contributed by atoms with Crippen molar-refractivity contribution in [2.75, 3.05) is 19.6 Å². The number of hydrogen-bond donors (Lipinski definition) is 1. The van der Waals surface area contributed by atoms with Crippen molar-refractivity contribution in [2.45, 2.75) is 26.7 Å². The Bertz CT molecular complexity index is 729. The molecule has 0 aromatic carbocycles. The van der Waals surface area contributed by atoms with E-state index in [0.29, 0.717) is 29.5 Å². The summed E-state index contributed by atoms with van der Waals surface area (Å²) in [5.74, 6) is 0.338. The van der Waals surface area contributed by atoms with E-state index in [9.17, 15) is 9.59 Å². The van der Waals surface area contributed by atoms with Crippen molar-refractivity contribution >= 4 is 17.3 Å². The number of amides is 2. The van der Waals surface area contributed by atoms with Crippen LogP contribution < -0.4 is 5.32 Å². The van der Waals surface area contributed by atoms with Crippen LogP contribution in [0.15, 0.2) is 24.4 Å². The van der Waals surface area contributed by atoms with Gasteiger partial charge in [-0.2, -0.15) is 0 Å². The molecule has 3 rings (SSSR count). The van der Waals surface area contributed by atoms with Gasteiger partial charge in [-0.3, -0.25) is 14.0 Å². The average Bonchev–Trinajstić information content (AvgIpc) is 3.19. The summed E-state index contributed by atoms with van der Waals surface area (Å²) < 4.78 is 1.71. The van der Waals surface area contributed by atoms with E-state index >= 15 is 0 Å². The standard InChI is InChI=1S/C17H22N4O2/c1-12(2)11-18-16(22)14-13-7-3-4-10-21(13)15(19-14)17(23)20-8-5-6-9-20/h3-4,7,10,12H,5-6,8-9,11H2,1-2H3,(H,18,22). The number of nitrogens with zero attached hydrogens (tertiary/aromatic N) is 3. The summed E-state index contributed by atoms with van der Waals surface area (Å²) in [5.41, 5.74) is 0.977. The minimum Gasteiger partial charge on any atom is -0.350 e. The van der Waals surface area contributed by atoms with Gasteiger partial charge in [0.15, 0.2) is 5.69 Å². The first-order chi connectivity index (χ1) is 11.1. The monoisotopic (exact) mass is 314 g/mol. The molecule has 1 aliphatic rings. The molecular weight excluding hydrogens is 292 g/mol. The van der Waals surface area contributed by atoms with E-state index in [1.807, 2.05) is 32.0 Å². The molecule has 2 aromatic heterocycles. The van der Waals surface area contributed by atoms with Crippen LogP contribution in [0.5, 0.6) is 0 Å². The topological polar surface area (TPSA) is 66.7 Å². The summed E-state index contributed by atoms with van der Waals surface area (Å²) in [4.78, 5) is 31.3. The van der Waals surface area contributed by atoms with Gasteiger partial charge in [0.25, 0.3) is 11.8 Å². The van der Waals surface area contributed by atoms with Crippen LogP contribution >= 0.6 is 0 Å². The van der Waals surface area contributed by atoms with Crippen LogP contribution in [0.1, 0.15) is 47.8 Å². The highest BCUT2D eigenvalue weighted by Gasteiger charge is 2.26. The molecule has 0 bridgehead atoms. The molecule has 0 atom stereocenters. The van der Waals surface area contributed by atoms with Gasteiger partial charge in [0.05, 0.1) is 5.52 Å². The second-order valence-corrected chi connectivity index (χ2v) is 6.34. The maximum absolute atomic E-state index is 12.7. The first-order valence-corrected chi connectivity index (χ1v) is 8.12. The molecule has 3 heterocycles. The van der Waals surface area contributed by atoms with E-state index in [4.69, 9.17) is 0 Å². The predicted molar refractivity (Wildman–Crippen MR) is 87.5 cm³/mol. The number of carbonyl (C=O) groups excluding carboxylic acids is 2. The predicted octanol–water partition coefficient (Wildman–Crippen LogP) is 1.96. The van der Waals surface area contributed by atoms with Gasteiger partial charge in [0.1, 0.15) is 0 Å². The van der Waals surface area contributed by atoms with Gasteiger partial charge in [-0.25, -0.2) is 4.98 Å². The lowest BCUT2D eigenvalue weighted by Crippen LogP contribution is -2.30. The molecule has 0 unspecified atom stereocenters. The van der Waals surface area contributed by atoms with Gasteiger partial charge < -0.3 is 10.2 Å². The van der Waals surface area contributed by atoms with Crippen molar-refractivity contribution in [2.24, 2.45) is 5.92 Å². The Morgan fingerprint density at radius 2 is 2.00 bits per heavy atom. The Balaban J connectivity index is 1.96. The zero-order chi connectivity index (χ0) is 16.4. The summed E-state index contributed by atoms with van der Waals surface area (Å²) in [5, 5.41) is 2.87. The smallest absolute Gasteiger partial charge is 0.290 e. The van der Waals surface area contributed by atoms with Gasteiger partial charge in [0, 0.05) is 25.8 Å². The van der Waals surface area contributed by atoms with Gasteiger partial charge in [-0.1, -0.05) is 19.9 Å². The molecule has 1 saturated heterocycles. The lowest BCUT2D eigenvalue weighted by molar-refractivity contribution is 0.0780. The molecule has 1 N–H and O–H groups in total. The van der Waals surface area contributed by atoms with Crippen molar-refractivity contribution in [3.8, 4) is 0 Å². The number of likely N-dealkylation sites (tertiary alicyclic amines) is 1. The Morgan fingerprint density at radius 3 is 2.70 bits per heavy atom. The maximum Gasteiger partial charge on any atom is 0.290 e. The summed E-state index contributed by atoms with van der Waals surface area (Å²) in [6, 6.07) is 5.50. The number of carbonyl (C=O) groups is 2. The average molecular weight is 314 g/mol. The lowest BCUT2D eigenvalue weighted by atomic mass is 10.2. The van der Waals surface area contributed by atoms with Crippen molar-refractivity contribution < 1.29 is 9.59 Å². The minimum absolute atomic E-state index is 0.105. The zero-order valence-electron chi connectivity index (χ0n) is 13.6. The fraction of sp³-hybridized carbons (Fsp3) is 0.471. The van der Waals surface area contributed by atoms with E-state index in [-0.39, 0.29) is 11.8 Å². The van der Waals surface area contributed by atoms with Crippen molar-refractivity contribution in [1.82, 2.24) is 19.6 Å². The summed E-state index contributed by atoms with van der Waals surface area (Å²) in [6.07, 6.45) is 3.83. The van der Waals surface area contributed by atoms with E-state index in [2.05, 4.69) is 10.3 Å². The first-order valence-electron chi connectivity index (χ1n) is 8.12. The highest BCUT2D eigenvalue weighted by molar-refractivity contribution is 6.02. The SMILES string of the molecule is CC(C)CNC(=O)c1nc(C(=O)N2CCCC2)n2ccccc12. The molecule has 1 fully saturated rings. The summed E-state index contributed by atoms with van der Waals surface area (Å²) in [6.45, 7) is 6.17. The third-order valence-electron chi connectivity index (χ3n) is 4.02. The van der Waals surface area contributed by atoms with Gasteiger partial charge in [-0.15, -0.1) is 0 Å².